The zero-order valence-corrected chi connectivity index (χ0v) is 12.7. The molecule has 2 aromatic rings. The van der Waals surface area contributed by atoms with Crippen LogP contribution >= 0.6 is 0 Å². The third-order valence-electron chi connectivity index (χ3n) is 4.03. The Kier molecular flexibility index (Phi) is 4.25. The number of aryl methyl sites for hydroxylation is 1. The lowest BCUT2D eigenvalue weighted by Crippen LogP contribution is -2.34. The topological polar surface area (TPSA) is 39.1 Å². The van der Waals surface area contributed by atoms with Crippen LogP contribution < -0.4 is 10.1 Å². The number of nitrogens with one attached hydrogen (secondary N) is 1. The van der Waals surface area contributed by atoms with E-state index in [0.29, 0.717) is 12.1 Å². The van der Waals surface area contributed by atoms with E-state index in [-0.39, 0.29) is 0 Å². The van der Waals surface area contributed by atoms with Crippen molar-refractivity contribution in [3.8, 4) is 5.75 Å². The Morgan fingerprint density at radius 3 is 3.10 bits per heavy atom. The van der Waals surface area contributed by atoms with E-state index in [1.807, 2.05) is 18.5 Å². The largest absolute Gasteiger partial charge is 0.492 e. The van der Waals surface area contributed by atoms with Crippen LogP contribution in [0.15, 0.2) is 36.7 Å². The highest BCUT2D eigenvalue weighted by Gasteiger charge is 2.17. The van der Waals surface area contributed by atoms with Gasteiger partial charge in [0.05, 0.1) is 6.54 Å². The molecule has 1 aromatic carbocycles. The van der Waals surface area contributed by atoms with Crippen molar-refractivity contribution in [2.45, 2.75) is 45.3 Å². The molecule has 0 aliphatic carbocycles. The summed E-state index contributed by atoms with van der Waals surface area (Å²) >= 11 is 0. The van der Waals surface area contributed by atoms with Crippen molar-refractivity contribution in [2.24, 2.45) is 0 Å². The van der Waals surface area contributed by atoms with Gasteiger partial charge in [-0.05, 0) is 38.3 Å². The highest BCUT2D eigenvalue weighted by atomic mass is 16.5. The summed E-state index contributed by atoms with van der Waals surface area (Å²) < 4.78 is 8.13. The van der Waals surface area contributed by atoms with Crippen LogP contribution in [0.5, 0.6) is 5.75 Å². The third-order valence-corrected chi connectivity index (χ3v) is 4.03. The van der Waals surface area contributed by atoms with Gasteiger partial charge >= 0.3 is 0 Å². The lowest BCUT2D eigenvalue weighted by atomic mass is 10.1. The Bertz CT molecular complexity index is 564. The number of hydrogen-bond acceptors (Lipinski definition) is 3. The second-order valence-electron chi connectivity index (χ2n) is 5.88. The molecular weight excluding hydrogens is 262 g/mol. The molecule has 1 aliphatic rings. The Labute approximate surface area is 126 Å². The van der Waals surface area contributed by atoms with Crippen molar-refractivity contribution in [2.75, 3.05) is 6.61 Å². The van der Waals surface area contributed by atoms with Gasteiger partial charge in [0.2, 0.25) is 0 Å². The molecule has 21 heavy (non-hydrogen) atoms. The molecular formula is C17H23N3O. The maximum Gasteiger partial charge on any atom is 0.122 e. The standard InChI is InChI=1S/C17H23N3O/c1-13(2)20-10-9-18-17(20)11-19-15-8-7-14-5-3-4-6-16(14)21-12-15/h3-6,9-10,13,15,19H,7-8,11-12H2,1-2H3. The van der Waals surface area contributed by atoms with Gasteiger partial charge in [-0.25, -0.2) is 4.98 Å². The lowest BCUT2D eigenvalue weighted by molar-refractivity contribution is 0.265. The minimum atomic E-state index is 0.370. The molecule has 1 aliphatic heterocycles. The van der Waals surface area contributed by atoms with Crippen molar-refractivity contribution in [3.63, 3.8) is 0 Å². The van der Waals surface area contributed by atoms with Crippen molar-refractivity contribution >= 4 is 0 Å². The van der Waals surface area contributed by atoms with Gasteiger partial charge < -0.3 is 14.6 Å². The van der Waals surface area contributed by atoms with E-state index < -0.39 is 0 Å². The fourth-order valence-electron chi connectivity index (χ4n) is 2.80. The summed E-state index contributed by atoms with van der Waals surface area (Å²) in [6.45, 7) is 5.86. The Hall–Kier alpha value is -1.81. The monoisotopic (exact) mass is 285 g/mol. The normalized spacial score (nSPS) is 18.1. The van der Waals surface area contributed by atoms with Gasteiger partial charge in [-0.15, -0.1) is 0 Å². The van der Waals surface area contributed by atoms with E-state index in [1.54, 1.807) is 0 Å². The fraction of sp³-hybridized carbons (Fsp3) is 0.471. The first-order valence-corrected chi connectivity index (χ1v) is 7.70. The van der Waals surface area contributed by atoms with E-state index in [1.165, 1.54) is 5.56 Å². The van der Waals surface area contributed by atoms with Crippen LogP contribution in [0.25, 0.3) is 0 Å². The predicted octanol–water partition coefficient (Wildman–Crippen LogP) is 2.95. The molecule has 0 radical (unpaired) electrons. The molecule has 0 bridgehead atoms. The number of imidazole rings is 1. The summed E-state index contributed by atoms with van der Waals surface area (Å²) in [6.07, 6.45) is 6.07. The van der Waals surface area contributed by atoms with Gasteiger partial charge in [0.25, 0.3) is 0 Å². The van der Waals surface area contributed by atoms with Gasteiger partial charge in [0.15, 0.2) is 0 Å². The third kappa shape index (κ3) is 3.27. The number of aromatic nitrogens is 2. The van der Waals surface area contributed by atoms with Crippen LogP contribution in [0.3, 0.4) is 0 Å². The van der Waals surface area contributed by atoms with E-state index in [2.05, 4.69) is 46.9 Å². The fourth-order valence-corrected chi connectivity index (χ4v) is 2.80. The molecule has 1 aromatic heterocycles. The minimum Gasteiger partial charge on any atom is -0.492 e. The molecule has 1 atom stereocenters. The second-order valence-corrected chi connectivity index (χ2v) is 5.88. The molecule has 0 spiro atoms. The van der Waals surface area contributed by atoms with Crippen LogP contribution in [-0.4, -0.2) is 22.2 Å². The van der Waals surface area contributed by atoms with Crippen molar-refractivity contribution in [3.05, 3.63) is 48.0 Å². The smallest absolute Gasteiger partial charge is 0.122 e. The van der Waals surface area contributed by atoms with Gasteiger partial charge in [-0.1, -0.05) is 18.2 Å². The Morgan fingerprint density at radius 1 is 1.38 bits per heavy atom. The molecule has 1 unspecified atom stereocenters. The molecule has 0 fully saturated rings. The quantitative estimate of drug-likeness (QED) is 0.938. The highest BCUT2D eigenvalue weighted by molar-refractivity contribution is 5.34. The van der Waals surface area contributed by atoms with E-state index >= 15 is 0 Å². The summed E-state index contributed by atoms with van der Waals surface area (Å²) in [6, 6.07) is 9.14. The van der Waals surface area contributed by atoms with Crippen molar-refractivity contribution < 1.29 is 4.74 Å². The first-order valence-electron chi connectivity index (χ1n) is 7.70. The number of nitrogens with zero attached hydrogens (tertiary/aromatic N) is 2. The van der Waals surface area contributed by atoms with Crippen LogP contribution in [0, 0.1) is 0 Å². The van der Waals surface area contributed by atoms with Crippen LogP contribution in [0.2, 0.25) is 0 Å². The molecule has 4 heteroatoms. The molecule has 0 saturated heterocycles. The zero-order valence-electron chi connectivity index (χ0n) is 12.7. The summed E-state index contributed by atoms with van der Waals surface area (Å²) in [4.78, 5) is 4.44. The average molecular weight is 285 g/mol. The van der Waals surface area contributed by atoms with E-state index in [0.717, 1.165) is 37.6 Å². The van der Waals surface area contributed by atoms with E-state index in [4.69, 9.17) is 4.74 Å². The molecule has 112 valence electrons. The Morgan fingerprint density at radius 2 is 2.24 bits per heavy atom. The molecule has 0 saturated carbocycles. The SMILES string of the molecule is CC(C)n1ccnc1CNC1CCc2ccccc2OC1. The summed E-state index contributed by atoms with van der Waals surface area (Å²) in [5, 5.41) is 3.59. The number of rotatable bonds is 4. The van der Waals surface area contributed by atoms with Crippen LogP contribution in [0.4, 0.5) is 0 Å². The number of hydrogen-bond donors (Lipinski definition) is 1. The highest BCUT2D eigenvalue weighted by Crippen LogP contribution is 2.23. The van der Waals surface area contributed by atoms with Gasteiger partial charge in [-0.2, -0.15) is 0 Å². The maximum atomic E-state index is 5.92. The minimum absolute atomic E-state index is 0.370. The van der Waals surface area contributed by atoms with Crippen LogP contribution in [-0.2, 0) is 13.0 Å². The second kappa shape index (κ2) is 6.31. The maximum absolute atomic E-state index is 5.92. The number of fused-ring (bicyclic) bond motifs is 1. The Balaban J connectivity index is 1.59. The summed E-state index contributed by atoms with van der Waals surface area (Å²) in [7, 11) is 0. The molecule has 1 N–H and O–H groups in total. The van der Waals surface area contributed by atoms with Gasteiger partial charge in [-0.3, -0.25) is 0 Å². The number of ether oxygens (including phenoxy) is 1. The lowest BCUT2D eigenvalue weighted by Gasteiger charge is -2.17. The predicted molar refractivity (Wildman–Crippen MR) is 83.5 cm³/mol. The summed E-state index contributed by atoms with van der Waals surface area (Å²) in [5.74, 6) is 2.12. The zero-order chi connectivity index (χ0) is 14.7. The molecule has 2 heterocycles. The van der Waals surface area contributed by atoms with Crippen molar-refractivity contribution in [1.82, 2.24) is 14.9 Å². The molecule has 4 nitrogen and oxygen atoms in total. The van der Waals surface area contributed by atoms with E-state index in [9.17, 15) is 0 Å². The first kappa shape index (κ1) is 14.1. The van der Waals surface area contributed by atoms with Crippen LogP contribution in [0.1, 0.15) is 37.7 Å². The van der Waals surface area contributed by atoms with Gasteiger partial charge in [0.1, 0.15) is 18.2 Å². The van der Waals surface area contributed by atoms with Gasteiger partial charge in [0, 0.05) is 24.5 Å². The first-order chi connectivity index (χ1) is 10.2. The average Bonchev–Trinajstić information content (AvgIpc) is 2.86. The summed E-state index contributed by atoms with van der Waals surface area (Å²) in [5.41, 5.74) is 1.31. The number of benzene rings is 1. The molecule has 3 rings (SSSR count). The number of para-hydroxylation sites is 1. The molecule has 0 amide bonds. The van der Waals surface area contributed by atoms with Crippen molar-refractivity contribution in [1.29, 1.82) is 0 Å².